The summed E-state index contributed by atoms with van der Waals surface area (Å²) in [4.78, 5) is 24.6. The van der Waals surface area contributed by atoms with E-state index < -0.39 is 4.92 Å². The van der Waals surface area contributed by atoms with Gasteiger partial charge in [0.25, 0.3) is 5.69 Å². The van der Waals surface area contributed by atoms with Gasteiger partial charge in [-0.05, 0) is 38.3 Å². The maximum Gasteiger partial charge on any atom is 0.321 e. The number of aryl methyl sites for hydroxylation is 1. The zero-order valence-electron chi connectivity index (χ0n) is 13.2. The van der Waals surface area contributed by atoms with E-state index in [1.165, 1.54) is 6.07 Å². The Morgan fingerprint density at radius 1 is 1.43 bits per heavy atom. The number of carbonyl (C=O) groups is 1. The highest BCUT2D eigenvalue weighted by atomic mass is 16.6. The number of carbonyl (C=O) groups excluding carboxylic acids is 1. The van der Waals surface area contributed by atoms with E-state index in [0.29, 0.717) is 30.3 Å². The van der Waals surface area contributed by atoms with Crippen molar-refractivity contribution in [3.63, 3.8) is 0 Å². The number of nitrogens with one attached hydrogen (secondary N) is 1. The van der Waals surface area contributed by atoms with E-state index >= 15 is 0 Å². The van der Waals surface area contributed by atoms with Crippen LogP contribution in [0.15, 0.2) is 18.2 Å². The first kappa shape index (κ1) is 15.7. The van der Waals surface area contributed by atoms with Crippen molar-refractivity contribution in [1.82, 2.24) is 4.90 Å². The smallest absolute Gasteiger partial charge is 0.321 e. The molecular weight excluding hydrogens is 298 g/mol. The molecule has 2 heterocycles. The van der Waals surface area contributed by atoms with Gasteiger partial charge in [-0.15, -0.1) is 0 Å². The third-order valence-electron chi connectivity index (χ3n) is 4.65. The van der Waals surface area contributed by atoms with Crippen molar-refractivity contribution >= 4 is 17.4 Å². The molecule has 2 aliphatic rings. The molecule has 7 nitrogen and oxygen atoms in total. The highest BCUT2D eigenvalue weighted by Gasteiger charge is 2.33. The second kappa shape index (κ2) is 6.54. The van der Waals surface area contributed by atoms with Crippen molar-refractivity contribution in [2.45, 2.75) is 32.3 Å². The minimum atomic E-state index is -0.422. The van der Waals surface area contributed by atoms with Crippen molar-refractivity contribution < 1.29 is 14.5 Å². The fraction of sp³-hybridized carbons (Fsp3) is 0.562. The largest absolute Gasteiger partial charge is 0.378 e. The van der Waals surface area contributed by atoms with Crippen molar-refractivity contribution in [3.8, 4) is 0 Å². The van der Waals surface area contributed by atoms with Gasteiger partial charge in [0.05, 0.1) is 11.0 Å². The molecule has 3 rings (SSSR count). The monoisotopic (exact) mass is 319 g/mol. The van der Waals surface area contributed by atoms with E-state index in [0.717, 1.165) is 25.9 Å². The van der Waals surface area contributed by atoms with Gasteiger partial charge in [-0.2, -0.15) is 0 Å². The Balaban J connectivity index is 1.63. The van der Waals surface area contributed by atoms with Crippen molar-refractivity contribution in [2.24, 2.45) is 5.92 Å². The number of ether oxygens (including phenoxy) is 1. The summed E-state index contributed by atoms with van der Waals surface area (Å²) in [7, 11) is 0. The van der Waals surface area contributed by atoms with Gasteiger partial charge in [-0.25, -0.2) is 4.79 Å². The number of fused-ring (bicyclic) bond motifs is 1. The Kier molecular flexibility index (Phi) is 4.47. The third kappa shape index (κ3) is 3.44. The quantitative estimate of drug-likeness (QED) is 0.671. The molecule has 23 heavy (non-hydrogen) atoms. The van der Waals surface area contributed by atoms with Crippen LogP contribution < -0.4 is 5.32 Å². The lowest BCUT2D eigenvalue weighted by Gasteiger charge is -2.40. The summed E-state index contributed by atoms with van der Waals surface area (Å²) < 4.78 is 5.76. The summed E-state index contributed by atoms with van der Waals surface area (Å²) in [5.41, 5.74) is 1.18. The second-order valence-electron chi connectivity index (χ2n) is 6.23. The Hall–Kier alpha value is -2.15. The fourth-order valence-electron chi connectivity index (χ4n) is 3.41. The molecule has 0 unspecified atom stereocenters. The molecule has 2 saturated heterocycles. The van der Waals surface area contributed by atoms with Gasteiger partial charge in [-0.3, -0.25) is 10.1 Å². The van der Waals surface area contributed by atoms with Crippen molar-refractivity contribution in [1.29, 1.82) is 0 Å². The minimum Gasteiger partial charge on any atom is -0.378 e. The van der Waals surface area contributed by atoms with Crippen LogP contribution in [0.3, 0.4) is 0 Å². The maximum absolute atomic E-state index is 12.4. The lowest BCUT2D eigenvalue weighted by atomic mass is 9.89. The summed E-state index contributed by atoms with van der Waals surface area (Å²) in [6.45, 7) is 3.88. The number of likely N-dealkylation sites (tertiary alicyclic amines) is 1. The second-order valence-corrected chi connectivity index (χ2v) is 6.23. The molecule has 1 aromatic rings. The first-order valence-electron chi connectivity index (χ1n) is 7.97. The number of urea groups is 1. The molecule has 0 bridgehead atoms. The molecular formula is C16H21N3O4. The van der Waals surface area contributed by atoms with E-state index in [1.807, 2.05) is 4.90 Å². The summed E-state index contributed by atoms with van der Waals surface area (Å²) in [5, 5.41) is 13.7. The number of nitrogens with zero attached hydrogens (tertiary/aromatic N) is 2. The van der Waals surface area contributed by atoms with Gasteiger partial charge in [-0.1, -0.05) is 0 Å². The Morgan fingerprint density at radius 2 is 2.26 bits per heavy atom. The van der Waals surface area contributed by atoms with Crippen molar-refractivity contribution in [2.75, 3.05) is 25.0 Å². The Bertz CT molecular complexity index is 619. The predicted octanol–water partition coefficient (Wildman–Crippen LogP) is 2.94. The topological polar surface area (TPSA) is 84.7 Å². The van der Waals surface area contributed by atoms with E-state index in [4.69, 9.17) is 4.74 Å². The molecule has 2 fully saturated rings. The number of nitro benzene ring substituents is 1. The van der Waals surface area contributed by atoms with E-state index in [-0.39, 0.29) is 17.8 Å². The van der Waals surface area contributed by atoms with Crippen LogP contribution in [0.1, 0.15) is 24.8 Å². The van der Waals surface area contributed by atoms with Crippen LogP contribution in [0.5, 0.6) is 0 Å². The molecule has 124 valence electrons. The Labute approximate surface area is 134 Å². The van der Waals surface area contributed by atoms with Gasteiger partial charge in [0, 0.05) is 42.9 Å². The van der Waals surface area contributed by atoms with Gasteiger partial charge in [0.15, 0.2) is 0 Å². The van der Waals surface area contributed by atoms with Crippen LogP contribution in [0, 0.1) is 23.0 Å². The molecule has 0 saturated carbocycles. The lowest BCUT2D eigenvalue weighted by Crippen LogP contribution is -2.49. The average Bonchev–Trinajstić information content (AvgIpc) is 2.54. The van der Waals surface area contributed by atoms with Crippen molar-refractivity contribution in [3.05, 3.63) is 33.9 Å². The summed E-state index contributed by atoms with van der Waals surface area (Å²) >= 11 is 0. The normalized spacial score (nSPS) is 24.0. The molecule has 0 aliphatic carbocycles. The molecule has 2 atom stereocenters. The SMILES string of the molecule is Cc1cc(NC(=O)N2CC[C@@H]3OCCC[C@@H]3C2)ccc1[N+](=O)[O-]. The van der Waals surface area contributed by atoms with Crippen LogP contribution in [-0.2, 0) is 4.74 Å². The van der Waals surface area contributed by atoms with Crippen LogP contribution in [-0.4, -0.2) is 41.7 Å². The maximum atomic E-state index is 12.4. The predicted molar refractivity (Wildman–Crippen MR) is 85.5 cm³/mol. The number of hydrogen-bond donors (Lipinski definition) is 1. The first-order chi connectivity index (χ1) is 11.0. The number of rotatable bonds is 2. The van der Waals surface area contributed by atoms with E-state index in [2.05, 4.69) is 5.32 Å². The number of anilines is 1. The molecule has 1 aromatic carbocycles. The zero-order chi connectivity index (χ0) is 16.4. The van der Waals surface area contributed by atoms with Crippen LogP contribution >= 0.6 is 0 Å². The molecule has 7 heteroatoms. The van der Waals surface area contributed by atoms with E-state index in [9.17, 15) is 14.9 Å². The first-order valence-corrected chi connectivity index (χ1v) is 7.97. The lowest BCUT2D eigenvalue weighted by molar-refractivity contribution is -0.385. The zero-order valence-corrected chi connectivity index (χ0v) is 13.2. The number of benzene rings is 1. The fourth-order valence-corrected chi connectivity index (χ4v) is 3.41. The summed E-state index contributed by atoms with van der Waals surface area (Å²) in [6.07, 6.45) is 3.31. The van der Waals surface area contributed by atoms with Crippen LogP contribution in [0.2, 0.25) is 0 Å². The molecule has 0 aromatic heterocycles. The van der Waals surface area contributed by atoms with Gasteiger partial charge in [0.1, 0.15) is 0 Å². The molecule has 2 amide bonds. The Morgan fingerprint density at radius 3 is 3.00 bits per heavy atom. The third-order valence-corrected chi connectivity index (χ3v) is 4.65. The standard InChI is InChI=1S/C16H21N3O4/c1-11-9-13(4-5-14(11)19(21)22)17-16(20)18-7-6-15-12(10-18)3-2-8-23-15/h4-5,9,12,15H,2-3,6-8,10H2,1H3,(H,17,20)/t12-,15+/m1/s1. The minimum absolute atomic E-state index is 0.0585. The number of piperidine rings is 1. The molecule has 0 radical (unpaired) electrons. The number of amides is 2. The number of nitro groups is 1. The van der Waals surface area contributed by atoms with Gasteiger partial charge in [0.2, 0.25) is 0 Å². The summed E-state index contributed by atoms with van der Waals surface area (Å²) in [6, 6.07) is 4.47. The highest BCUT2D eigenvalue weighted by Crippen LogP contribution is 2.29. The molecule has 2 aliphatic heterocycles. The van der Waals surface area contributed by atoms with Crippen LogP contribution in [0.25, 0.3) is 0 Å². The van der Waals surface area contributed by atoms with Crippen LogP contribution in [0.4, 0.5) is 16.2 Å². The molecule has 0 spiro atoms. The highest BCUT2D eigenvalue weighted by molar-refractivity contribution is 5.89. The van der Waals surface area contributed by atoms with Gasteiger partial charge >= 0.3 is 6.03 Å². The van der Waals surface area contributed by atoms with E-state index in [1.54, 1.807) is 19.1 Å². The average molecular weight is 319 g/mol. The number of hydrogen-bond acceptors (Lipinski definition) is 4. The van der Waals surface area contributed by atoms with Gasteiger partial charge < -0.3 is 15.0 Å². The molecule has 1 N–H and O–H groups in total. The summed E-state index contributed by atoms with van der Waals surface area (Å²) in [5.74, 6) is 0.418.